The Bertz CT molecular complexity index is 693. The van der Waals surface area contributed by atoms with Crippen LogP contribution in [-0.4, -0.2) is 27.2 Å². The number of nitrogens with one attached hydrogen (secondary N) is 1. The van der Waals surface area contributed by atoms with Crippen molar-refractivity contribution in [3.05, 3.63) is 41.2 Å². The number of nitrogens with zero attached hydrogens (tertiary/aromatic N) is 3. The van der Waals surface area contributed by atoms with Gasteiger partial charge in [-0.1, -0.05) is 23.5 Å². The first-order valence-corrected chi connectivity index (χ1v) is 6.06. The Morgan fingerprint density at radius 3 is 2.95 bits per heavy atom. The van der Waals surface area contributed by atoms with Gasteiger partial charge in [0.1, 0.15) is 6.33 Å². The molecule has 0 fully saturated rings. The number of carbonyl (C=O) groups is 1. The van der Waals surface area contributed by atoms with Crippen LogP contribution in [0.5, 0.6) is 0 Å². The van der Waals surface area contributed by atoms with Gasteiger partial charge in [-0.15, -0.1) is 0 Å². The first-order valence-electron chi connectivity index (χ1n) is 6.06. The summed E-state index contributed by atoms with van der Waals surface area (Å²) in [7, 11) is 1.70. The van der Waals surface area contributed by atoms with Crippen LogP contribution in [-0.2, 0) is 7.05 Å². The second-order valence-electron chi connectivity index (χ2n) is 4.22. The molecule has 20 heavy (non-hydrogen) atoms. The summed E-state index contributed by atoms with van der Waals surface area (Å²) in [5.74, 6) is 5.76. The van der Waals surface area contributed by atoms with Gasteiger partial charge in [0.25, 0.3) is 5.91 Å². The molecule has 6 nitrogen and oxygen atoms in total. The number of benzene rings is 1. The summed E-state index contributed by atoms with van der Waals surface area (Å²) < 4.78 is 1.49. The van der Waals surface area contributed by atoms with Gasteiger partial charge in [0.2, 0.25) is 5.95 Å². The van der Waals surface area contributed by atoms with E-state index in [9.17, 15) is 4.79 Å². The molecule has 2 rings (SSSR count). The fraction of sp³-hybridized carbons (Fsp3) is 0.214. The molecule has 2 aromatic rings. The predicted molar refractivity (Wildman–Crippen MR) is 76.1 cm³/mol. The van der Waals surface area contributed by atoms with E-state index < -0.39 is 0 Å². The van der Waals surface area contributed by atoms with Crippen LogP contribution < -0.4 is 11.1 Å². The van der Waals surface area contributed by atoms with Gasteiger partial charge in [-0.2, -0.15) is 10.1 Å². The summed E-state index contributed by atoms with van der Waals surface area (Å²) in [4.78, 5) is 16.3. The zero-order chi connectivity index (χ0) is 14.5. The number of aryl methyl sites for hydroxylation is 2. The molecule has 0 atom stereocenters. The molecular formula is C14H15N5O. The van der Waals surface area contributed by atoms with Crippen LogP contribution in [0.4, 0.5) is 5.95 Å². The lowest BCUT2D eigenvalue weighted by Crippen LogP contribution is -2.17. The molecule has 0 aliphatic carbocycles. The molecule has 1 heterocycles. The first-order chi connectivity index (χ1) is 9.61. The normalized spacial score (nSPS) is 9.75. The molecule has 6 heteroatoms. The van der Waals surface area contributed by atoms with Crippen LogP contribution in [0, 0.1) is 18.8 Å². The van der Waals surface area contributed by atoms with Gasteiger partial charge in [-0.05, 0) is 19.1 Å². The van der Waals surface area contributed by atoms with E-state index in [-0.39, 0.29) is 12.5 Å². The molecule has 0 radical (unpaired) electrons. The molecule has 0 saturated heterocycles. The molecule has 3 N–H and O–H groups in total. The van der Waals surface area contributed by atoms with Gasteiger partial charge in [-0.25, -0.2) is 4.68 Å². The van der Waals surface area contributed by atoms with Gasteiger partial charge in [-0.3, -0.25) is 10.1 Å². The van der Waals surface area contributed by atoms with E-state index in [4.69, 9.17) is 5.73 Å². The molecule has 0 saturated carbocycles. The molecule has 0 aliphatic heterocycles. The third-order valence-corrected chi connectivity index (χ3v) is 2.68. The van der Waals surface area contributed by atoms with E-state index in [0.29, 0.717) is 17.1 Å². The standard InChI is InChI=1S/C14H15N5O/c1-10-5-6-11(4-3-7-15)12(8-10)13(20)18-14-16-9-17-19(14)2/h5-6,8-9H,7,15H2,1-2H3,(H,16,17,18,20). The number of rotatable bonds is 2. The number of hydrogen-bond acceptors (Lipinski definition) is 4. The second kappa shape index (κ2) is 5.99. The van der Waals surface area contributed by atoms with Crippen molar-refractivity contribution < 1.29 is 4.79 Å². The highest BCUT2D eigenvalue weighted by molar-refractivity contribution is 6.05. The lowest BCUT2D eigenvalue weighted by atomic mass is 10.0. The molecule has 1 amide bonds. The summed E-state index contributed by atoms with van der Waals surface area (Å²) in [6.07, 6.45) is 1.38. The van der Waals surface area contributed by atoms with E-state index in [1.165, 1.54) is 11.0 Å². The number of anilines is 1. The van der Waals surface area contributed by atoms with Crippen LogP contribution in [0.3, 0.4) is 0 Å². The predicted octanol–water partition coefficient (Wildman–Crippen LogP) is 0.686. The maximum absolute atomic E-state index is 12.3. The smallest absolute Gasteiger partial charge is 0.259 e. The summed E-state index contributed by atoms with van der Waals surface area (Å²) in [5, 5.41) is 6.60. The van der Waals surface area contributed by atoms with Crippen molar-refractivity contribution in [1.82, 2.24) is 14.8 Å². The highest BCUT2D eigenvalue weighted by atomic mass is 16.1. The Morgan fingerprint density at radius 1 is 1.50 bits per heavy atom. The van der Waals surface area contributed by atoms with Crippen molar-refractivity contribution in [2.24, 2.45) is 12.8 Å². The average Bonchev–Trinajstić information content (AvgIpc) is 2.83. The van der Waals surface area contributed by atoms with E-state index in [0.717, 1.165) is 5.56 Å². The zero-order valence-electron chi connectivity index (χ0n) is 11.3. The van der Waals surface area contributed by atoms with E-state index in [2.05, 4.69) is 27.2 Å². The molecule has 0 bridgehead atoms. The highest BCUT2D eigenvalue weighted by Gasteiger charge is 2.13. The number of carbonyl (C=O) groups excluding carboxylic acids is 1. The number of amides is 1. The number of aromatic nitrogens is 3. The van der Waals surface area contributed by atoms with Crippen molar-refractivity contribution in [3.63, 3.8) is 0 Å². The van der Waals surface area contributed by atoms with Crippen LogP contribution in [0.25, 0.3) is 0 Å². The van der Waals surface area contributed by atoms with Crippen molar-refractivity contribution in [2.45, 2.75) is 6.92 Å². The number of nitrogens with two attached hydrogens (primary N) is 1. The quantitative estimate of drug-likeness (QED) is 0.785. The van der Waals surface area contributed by atoms with Crippen molar-refractivity contribution in [2.75, 3.05) is 11.9 Å². The summed E-state index contributed by atoms with van der Waals surface area (Å²) >= 11 is 0. The highest BCUT2D eigenvalue weighted by Crippen LogP contribution is 2.13. The summed E-state index contributed by atoms with van der Waals surface area (Å²) in [5.41, 5.74) is 7.48. The Hall–Kier alpha value is -2.65. The van der Waals surface area contributed by atoms with Crippen molar-refractivity contribution in [3.8, 4) is 11.8 Å². The van der Waals surface area contributed by atoms with Crippen LogP contribution in [0.2, 0.25) is 0 Å². The minimum absolute atomic E-state index is 0.248. The van der Waals surface area contributed by atoms with Gasteiger partial charge in [0.15, 0.2) is 0 Å². The summed E-state index contributed by atoms with van der Waals surface area (Å²) in [6, 6.07) is 5.50. The third-order valence-electron chi connectivity index (χ3n) is 2.68. The molecule has 1 aromatic heterocycles. The lowest BCUT2D eigenvalue weighted by Gasteiger charge is -2.07. The molecule has 0 spiro atoms. The molecule has 0 aliphatic rings. The van der Waals surface area contributed by atoms with Crippen molar-refractivity contribution >= 4 is 11.9 Å². The monoisotopic (exact) mass is 269 g/mol. The van der Waals surface area contributed by atoms with Crippen LogP contribution in [0.1, 0.15) is 21.5 Å². The second-order valence-corrected chi connectivity index (χ2v) is 4.22. The SMILES string of the molecule is Cc1ccc(C#CCN)c(C(=O)Nc2ncnn2C)c1. The van der Waals surface area contributed by atoms with E-state index in [1.54, 1.807) is 13.1 Å². The minimum Gasteiger partial charge on any atom is -0.320 e. The molecule has 102 valence electrons. The maximum Gasteiger partial charge on any atom is 0.259 e. The van der Waals surface area contributed by atoms with Gasteiger partial charge in [0.05, 0.1) is 12.1 Å². The van der Waals surface area contributed by atoms with E-state index >= 15 is 0 Å². The summed E-state index contributed by atoms with van der Waals surface area (Å²) in [6.45, 7) is 2.16. The third kappa shape index (κ3) is 3.02. The lowest BCUT2D eigenvalue weighted by molar-refractivity contribution is 0.102. The van der Waals surface area contributed by atoms with Crippen LogP contribution in [0.15, 0.2) is 24.5 Å². The maximum atomic E-state index is 12.3. The minimum atomic E-state index is -0.272. The average molecular weight is 269 g/mol. The molecule has 0 unspecified atom stereocenters. The Balaban J connectivity index is 2.33. The Labute approximate surface area is 117 Å². The van der Waals surface area contributed by atoms with Gasteiger partial charge < -0.3 is 5.73 Å². The van der Waals surface area contributed by atoms with Crippen LogP contribution >= 0.6 is 0 Å². The Morgan fingerprint density at radius 2 is 2.30 bits per heavy atom. The zero-order valence-corrected chi connectivity index (χ0v) is 11.3. The van der Waals surface area contributed by atoms with Gasteiger partial charge >= 0.3 is 0 Å². The molecular weight excluding hydrogens is 254 g/mol. The Kier molecular flexibility index (Phi) is 4.13. The molecule has 1 aromatic carbocycles. The fourth-order valence-corrected chi connectivity index (χ4v) is 1.68. The topological polar surface area (TPSA) is 85.8 Å². The first kappa shape index (κ1) is 13.8. The van der Waals surface area contributed by atoms with Crippen molar-refractivity contribution in [1.29, 1.82) is 0 Å². The fourth-order valence-electron chi connectivity index (χ4n) is 1.68. The largest absolute Gasteiger partial charge is 0.320 e. The van der Waals surface area contributed by atoms with Gasteiger partial charge in [0, 0.05) is 12.6 Å². The van der Waals surface area contributed by atoms with E-state index in [1.807, 2.05) is 19.1 Å². The number of hydrogen-bond donors (Lipinski definition) is 2.